The van der Waals surface area contributed by atoms with E-state index in [1.807, 2.05) is 27.7 Å². The summed E-state index contributed by atoms with van der Waals surface area (Å²) in [6, 6.07) is 0. The number of carbonyl (C=O) groups is 4. The maximum Gasteiger partial charge on any atom is 0.310 e. The zero-order valence-corrected chi connectivity index (χ0v) is 17.7. The highest BCUT2D eigenvalue weighted by Crippen LogP contribution is 2.36. The minimum Gasteiger partial charge on any atom is -0.469 e. The van der Waals surface area contributed by atoms with Crippen molar-refractivity contribution in [2.24, 2.45) is 22.7 Å². The van der Waals surface area contributed by atoms with E-state index < -0.39 is 10.8 Å². The summed E-state index contributed by atoms with van der Waals surface area (Å²) >= 11 is 0. The molecule has 0 saturated carbocycles. The maximum atomic E-state index is 12.8. The van der Waals surface area contributed by atoms with Crippen LogP contribution in [0.1, 0.15) is 40.5 Å². The average Bonchev–Trinajstić information content (AvgIpc) is 2.63. The molecular weight excluding hydrogens is 364 g/mol. The Morgan fingerprint density at radius 2 is 1.14 bits per heavy atom. The molecule has 0 N–H and O–H groups in total. The van der Waals surface area contributed by atoms with Crippen molar-refractivity contribution in [3.63, 3.8) is 0 Å². The summed E-state index contributed by atoms with van der Waals surface area (Å²) in [5.41, 5.74) is -1.34. The van der Waals surface area contributed by atoms with Gasteiger partial charge in [-0.25, -0.2) is 0 Å². The zero-order valence-electron chi connectivity index (χ0n) is 17.7. The highest BCUT2D eigenvalue weighted by Gasteiger charge is 2.45. The van der Waals surface area contributed by atoms with Gasteiger partial charge >= 0.3 is 11.9 Å². The number of carbonyl (C=O) groups excluding carboxylic acids is 4. The number of ether oxygens (including phenoxy) is 2. The second-order valence-electron chi connectivity index (χ2n) is 9.12. The van der Waals surface area contributed by atoms with E-state index in [9.17, 15) is 19.2 Å². The Labute approximate surface area is 166 Å². The predicted octanol–water partition coefficient (Wildman–Crippen LogP) is 1.08. The lowest BCUT2D eigenvalue weighted by Crippen LogP contribution is -2.56. The van der Waals surface area contributed by atoms with Gasteiger partial charge in [-0.15, -0.1) is 0 Å². The van der Waals surface area contributed by atoms with Gasteiger partial charge in [-0.2, -0.15) is 0 Å². The Morgan fingerprint density at radius 3 is 1.43 bits per heavy atom. The van der Waals surface area contributed by atoms with Crippen LogP contribution in [0.2, 0.25) is 0 Å². The molecule has 0 radical (unpaired) electrons. The molecule has 2 atom stereocenters. The molecule has 2 aliphatic heterocycles. The first-order valence-electron chi connectivity index (χ1n) is 9.67. The minimum absolute atomic E-state index is 0.0408. The van der Waals surface area contributed by atoms with E-state index in [1.165, 1.54) is 14.2 Å². The summed E-state index contributed by atoms with van der Waals surface area (Å²) in [4.78, 5) is 52.9. The summed E-state index contributed by atoms with van der Waals surface area (Å²) in [5, 5.41) is 0. The highest BCUT2D eigenvalue weighted by molar-refractivity contribution is 5.87. The van der Waals surface area contributed by atoms with Crippen LogP contribution in [0.25, 0.3) is 0 Å². The molecule has 158 valence electrons. The van der Waals surface area contributed by atoms with Gasteiger partial charge in [0.15, 0.2) is 0 Å². The van der Waals surface area contributed by atoms with Crippen LogP contribution in [0.5, 0.6) is 0 Å². The molecule has 8 nitrogen and oxygen atoms in total. The van der Waals surface area contributed by atoms with Crippen LogP contribution in [-0.2, 0) is 28.7 Å². The molecular formula is C20H32N2O6. The third kappa shape index (κ3) is 4.47. The van der Waals surface area contributed by atoms with Gasteiger partial charge in [-0.05, 0) is 12.8 Å². The van der Waals surface area contributed by atoms with Crippen molar-refractivity contribution >= 4 is 23.8 Å². The first-order chi connectivity index (χ1) is 12.9. The Hall–Kier alpha value is -2.12. The quantitative estimate of drug-likeness (QED) is 0.646. The number of esters is 2. The van der Waals surface area contributed by atoms with Crippen LogP contribution in [0, 0.1) is 22.7 Å². The summed E-state index contributed by atoms with van der Waals surface area (Å²) in [7, 11) is 2.69. The van der Waals surface area contributed by atoms with Crippen LogP contribution in [0.3, 0.4) is 0 Å². The third-order valence-electron chi connectivity index (χ3n) is 5.84. The van der Waals surface area contributed by atoms with E-state index in [0.29, 0.717) is 25.9 Å². The Bertz CT molecular complexity index is 601. The lowest BCUT2D eigenvalue weighted by atomic mass is 9.77. The van der Waals surface area contributed by atoms with Crippen molar-refractivity contribution < 1.29 is 28.7 Å². The molecule has 2 unspecified atom stereocenters. The Balaban J connectivity index is 2.11. The number of amides is 2. The van der Waals surface area contributed by atoms with Crippen LogP contribution in [0.15, 0.2) is 0 Å². The van der Waals surface area contributed by atoms with Gasteiger partial charge in [0.1, 0.15) is 0 Å². The number of hydrogen-bond donors (Lipinski definition) is 0. The van der Waals surface area contributed by atoms with Crippen molar-refractivity contribution in [1.29, 1.82) is 0 Å². The molecule has 2 amide bonds. The number of piperidine rings is 2. The molecule has 0 aromatic rings. The van der Waals surface area contributed by atoms with Gasteiger partial charge < -0.3 is 19.3 Å². The third-order valence-corrected chi connectivity index (χ3v) is 5.84. The molecule has 8 heteroatoms. The monoisotopic (exact) mass is 396 g/mol. The minimum atomic E-state index is -0.670. The second kappa shape index (κ2) is 8.09. The standard InChI is InChI=1S/C20H32N2O6/c1-19(2)9-13(15(23)27-5)11-21(17(19)25)7-8-22-12-14(16(24)28-6)10-20(3,4)18(22)26/h13-14H,7-12H2,1-6H3. The molecule has 2 aliphatic rings. The van der Waals surface area contributed by atoms with Crippen LogP contribution in [-0.4, -0.2) is 74.0 Å². The SMILES string of the molecule is COC(=O)C1CN(CCN2CC(C(=O)OC)CC(C)(C)C2=O)C(=O)C(C)(C)C1. The van der Waals surface area contributed by atoms with Gasteiger partial charge in [0.05, 0.1) is 26.1 Å². The second-order valence-corrected chi connectivity index (χ2v) is 9.12. The molecule has 0 aliphatic carbocycles. The van der Waals surface area contributed by atoms with E-state index in [1.54, 1.807) is 9.80 Å². The van der Waals surface area contributed by atoms with E-state index in [-0.39, 0.29) is 48.7 Å². The van der Waals surface area contributed by atoms with Crippen LogP contribution >= 0.6 is 0 Å². The number of hydrogen-bond acceptors (Lipinski definition) is 6. The van der Waals surface area contributed by atoms with Crippen LogP contribution in [0.4, 0.5) is 0 Å². The number of methoxy groups -OCH3 is 2. The van der Waals surface area contributed by atoms with Crippen molar-refractivity contribution in [2.45, 2.75) is 40.5 Å². The average molecular weight is 396 g/mol. The first-order valence-corrected chi connectivity index (χ1v) is 9.67. The fourth-order valence-electron chi connectivity index (χ4n) is 4.37. The number of rotatable bonds is 5. The fourth-order valence-corrected chi connectivity index (χ4v) is 4.37. The molecule has 2 fully saturated rings. The van der Waals surface area contributed by atoms with Gasteiger partial charge in [0, 0.05) is 37.0 Å². The lowest BCUT2D eigenvalue weighted by Gasteiger charge is -2.43. The smallest absolute Gasteiger partial charge is 0.310 e. The predicted molar refractivity (Wildman–Crippen MR) is 101 cm³/mol. The summed E-state index contributed by atoms with van der Waals surface area (Å²) in [5.74, 6) is -1.50. The van der Waals surface area contributed by atoms with Crippen molar-refractivity contribution in [2.75, 3.05) is 40.4 Å². The molecule has 2 rings (SSSR count). The molecule has 2 saturated heterocycles. The lowest BCUT2D eigenvalue weighted by molar-refractivity contribution is -0.161. The molecule has 0 aromatic carbocycles. The Kier molecular flexibility index (Phi) is 6.41. The van der Waals surface area contributed by atoms with Crippen molar-refractivity contribution in [1.82, 2.24) is 9.80 Å². The van der Waals surface area contributed by atoms with E-state index in [0.717, 1.165) is 0 Å². The number of likely N-dealkylation sites (tertiary alicyclic amines) is 2. The maximum absolute atomic E-state index is 12.8. The molecule has 28 heavy (non-hydrogen) atoms. The summed E-state index contributed by atoms with van der Waals surface area (Å²) < 4.78 is 9.73. The van der Waals surface area contributed by atoms with Gasteiger partial charge in [0.25, 0.3) is 0 Å². The van der Waals surface area contributed by atoms with Gasteiger partial charge in [-0.1, -0.05) is 27.7 Å². The van der Waals surface area contributed by atoms with Crippen molar-refractivity contribution in [3.8, 4) is 0 Å². The normalized spacial score (nSPS) is 26.8. The van der Waals surface area contributed by atoms with E-state index >= 15 is 0 Å². The molecule has 0 bridgehead atoms. The zero-order chi connectivity index (χ0) is 21.3. The topological polar surface area (TPSA) is 93.2 Å². The number of nitrogens with zero attached hydrogens (tertiary/aromatic N) is 2. The Morgan fingerprint density at radius 1 is 0.821 bits per heavy atom. The first kappa shape index (κ1) is 22.2. The summed E-state index contributed by atoms with van der Waals surface area (Å²) in [6.07, 6.45) is 0.879. The fraction of sp³-hybridized carbons (Fsp3) is 0.800. The molecule has 0 aromatic heterocycles. The van der Waals surface area contributed by atoms with Gasteiger partial charge in [-0.3, -0.25) is 19.2 Å². The molecule has 2 heterocycles. The van der Waals surface area contributed by atoms with Gasteiger partial charge in [0.2, 0.25) is 11.8 Å². The highest BCUT2D eigenvalue weighted by atomic mass is 16.5. The largest absolute Gasteiger partial charge is 0.469 e. The van der Waals surface area contributed by atoms with E-state index in [2.05, 4.69) is 0 Å². The molecule has 0 spiro atoms. The van der Waals surface area contributed by atoms with Crippen molar-refractivity contribution in [3.05, 3.63) is 0 Å². The van der Waals surface area contributed by atoms with Crippen LogP contribution < -0.4 is 0 Å². The van der Waals surface area contributed by atoms with E-state index in [4.69, 9.17) is 9.47 Å². The summed E-state index contributed by atoms with van der Waals surface area (Å²) in [6.45, 7) is 8.46.